The molecule has 12 nitrogen and oxygen atoms in total. The molecule has 0 radical (unpaired) electrons. The molecule has 0 unspecified atom stereocenters. The zero-order chi connectivity index (χ0) is 30.0. The molecule has 0 spiro atoms. The van der Waals surface area contributed by atoms with E-state index in [0.717, 1.165) is 0 Å². The summed E-state index contributed by atoms with van der Waals surface area (Å²) in [5.41, 5.74) is 0.207. The predicted octanol–water partition coefficient (Wildman–Crippen LogP) is 0.816. The molecule has 0 aliphatic carbocycles. The Labute approximate surface area is 225 Å². The van der Waals surface area contributed by atoms with Crippen molar-refractivity contribution in [1.82, 2.24) is 0 Å². The van der Waals surface area contributed by atoms with E-state index in [-0.39, 0.29) is 12.2 Å². The Bertz CT molecular complexity index is 1220. The second kappa shape index (κ2) is 14.0. The van der Waals surface area contributed by atoms with E-state index in [2.05, 4.69) is 0 Å². The maximum absolute atomic E-state index is 12.6. The summed E-state index contributed by atoms with van der Waals surface area (Å²) in [7, 11) is 0. The number of carboxylic acid groups (broad SMARTS) is 1. The van der Waals surface area contributed by atoms with Gasteiger partial charge in [-0.3, -0.25) is 14.4 Å². The van der Waals surface area contributed by atoms with Gasteiger partial charge in [-0.1, -0.05) is 18.2 Å². The molecule has 0 amide bonds. The quantitative estimate of drug-likeness (QED) is 0.200. The number of aromatic nitrogens is 1. The molecule has 3 rings (SSSR count). The van der Waals surface area contributed by atoms with E-state index in [1.165, 1.54) is 31.5 Å². The van der Waals surface area contributed by atoms with E-state index in [1.54, 1.807) is 48.7 Å². The van der Waals surface area contributed by atoms with Crippen LogP contribution in [-0.4, -0.2) is 60.9 Å². The molecule has 15 heteroatoms. The van der Waals surface area contributed by atoms with E-state index >= 15 is 0 Å². The van der Waals surface area contributed by atoms with E-state index in [9.17, 15) is 32.3 Å². The summed E-state index contributed by atoms with van der Waals surface area (Å²) in [6.45, 7) is 3.42. The van der Waals surface area contributed by atoms with E-state index < -0.39 is 60.6 Å². The number of benzene rings is 1. The van der Waals surface area contributed by atoms with Crippen LogP contribution in [0.4, 0.5) is 13.2 Å². The van der Waals surface area contributed by atoms with Crippen molar-refractivity contribution >= 4 is 29.8 Å². The number of para-hydroxylation sites is 1. The number of ether oxygens (including phenoxy) is 5. The van der Waals surface area contributed by atoms with Gasteiger partial charge < -0.3 is 33.6 Å². The molecule has 0 bridgehead atoms. The lowest BCUT2D eigenvalue weighted by Gasteiger charge is -2.21. The smallest absolute Gasteiger partial charge is 0.430 e. The largest absolute Gasteiger partial charge is 0.542 e. The number of nitrogens with zero attached hydrogens (tertiary/aromatic N) is 1. The third-order valence-electron chi connectivity index (χ3n) is 4.88. The minimum Gasteiger partial charge on any atom is -0.542 e. The molecule has 0 saturated carbocycles. The van der Waals surface area contributed by atoms with Crippen LogP contribution in [-0.2, 0) is 38.1 Å². The average Bonchev–Trinajstić information content (AvgIpc) is 3.19. The molecule has 1 aromatic carbocycles. The molecular weight excluding hydrogens is 547 g/mol. The number of carbonyl (C=O) groups excluding carboxylic acids is 5. The second-order valence-corrected chi connectivity index (χ2v) is 8.04. The van der Waals surface area contributed by atoms with E-state index in [4.69, 9.17) is 33.6 Å². The Morgan fingerprint density at radius 1 is 0.900 bits per heavy atom. The number of carbonyl (C=O) groups is 5. The predicted molar refractivity (Wildman–Crippen MR) is 121 cm³/mol. The molecule has 2 heterocycles. The van der Waals surface area contributed by atoms with Gasteiger partial charge in [-0.25, -0.2) is 4.79 Å². The second-order valence-electron chi connectivity index (χ2n) is 8.04. The number of carboxylic acids is 1. The summed E-state index contributed by atoms with van der Waals surface area (Å²) in [6, 6.07) is 11.7. The first kappa shape index (κ1) is 31.7. The first-order valence-corrected chi connectivity index (χ1v) is 11.4. The Kier molecular flexibility index (Phi) is 11.1. The highest BCUT2D eigenvalue weighted by molar-refractivity contribution is 5.90. The van der Waals surface area contributed by atoms with Gasteiger partial charge in [0.25, 0.3) is 0 Å². The molecule has 1 aliphatic heterocycles. The van der Waals surface area contributed by atoms with Crippen molar-refractivity contribution in [3.8, 4) is 5.75 Å². The summed E-state index contributed by atoms with van der Waals surface area (Å²) in [5.74, 6) is -5.04. The zero-order valence-electron chi connectivity index (χ0n) is 21.3. The molecule has 40 heavy (non-hydrogen) atoms. The highest BCUT2D eigenvalue weighted by Crippen LogP contribution is 2.31. The van der Waals surface area contributed by atoms with Crippen molar-refractivity contribution in [2.75, 3.05) is 6.61 Å². The lowest BCUT2D eigenvalue weighted by molar-refractivity contribution is -0.765. The third kappa shape index (κ3) is 9.65. The molecular formula is C25H24F3NO11. The number of hydrogen-bond acceptors (Lipinski definition) is 11. The molecule has 4 atom stereocenters. The monoisotopic (exact) mass is 571 g/mol. The summed E-state index contributed by atoms with van der Waals surface area (Å²) in [4.78, 5) is 56.1. The average molecular weight is 571 g/mol. The lowest BCUT2D eigenvalue weighted by atomic mass is 10.1. The number of halogens is 3. The van der Waals surface area contributed by atoms with Gasteiger partial charge in [0.15, 0.2) is 18.5 Å². The highest BCUT2D eigenvalue weighted by Gasteiger charge is 2.54. The normalized spacial score (nSPS) is 19.9. The van der Waals surface area contributed by atoms with Crippen LogP contribution in [0.25, 0.3) is 0 Å². The minimum absolute atomic E-state index is 0.207. The van der Waals surface area contributed by atoms with Crippen LogP contribution in [0.1, 0.15) is 37.4 Å². The van der Waals surface area contributed by atoms with E-state index in [1.807, 2.05) is 0 Å². The first-order chi connectivity index (χ1) is 18.7. The molecule has 216 valence electrons. The standard InChI is InChI=1S/C23H24NO9.C2HF3O2/c1-14(25)29-13-19-20(30-15(2)26)21(31-16(3)27)22(33-19)24-11-7-8-17(12-24)23(28)32-18-9-5-4-6-10-18;3-2(4,5)1(6)7/h4-12,19-22H,13H2,1-3H3;(H,6,7)/q+1;/p-1/t19-,20-,21-,22-;/m1./s1. The summed E-state index contributed by atoms with van der Waals surface area (Å²) in [6.07, 6.45) is -6.10. The summed E-state index contributed by atoms with van der Waals surface area (Å²) in [5, 5.41) is 8.78. The van der Waals surface area contributed by atoms with Gasteiger partial charge in [0.1, 0.15) is 30.0 Å². The van der Waals surface area contributed by atoms with Crippen LogP contribution in [0, 0.1) is 0 Å². The fraction of sp³-hybridized carbons (Fsp3) is 0.360. The fourth-order valence-electron chi connectivity index (χ4n) is 3.36. The number of alkyl halides is 3. The van der Waals surface area contributed by atoms with Crippen molar-refractivity contribution in [2.45, 2.75) is 51.5 Å². The molecule has 1 aliphatic rings. The van der Waals surface area contributed by atoms with Crippen molar-refractivity contribution in [2.24, 2.45) is 0 Å². The van der Waals surface area contributed by atoms with E-state index in [0.29, 0.717) is 5.75 Å². The van der Waals surface area contributed by atoms with Crippen LogP contribution >= 0.6 is 0 Å². The SMILES string of the molecule is CC(=O)OC[C@H]1O[C@@H]([n+]2cccc(C(=O)Oc3ccccc3)c2)[C@H](OC(C)=O)[C@@H]1OC(C)=O.O=C([O-])C(F)(F)F. The van der Waals surface area contributed by atoms with Crippen molar-refractivity contribution in [1.29, 1.82) is 0 Å². The van der Waals surface area contributed by atoms with Gasteiger partial charge in [0.2, 0.25) is 6.10 Å². The van der Waals surface area contributed by atoms with Crippen LogP contribution < -0.4 is 14.4 Å². The number of hydrogen-bond donors (Lipinski definition) is 0. The van der Waals surface area contributed by atoms with Crippen molar-refractivity contribution < 1.29 is 70.5 Å². The van der Waals surface area contributed by atoms with Crippen LogP contribution in [0.2, 0.25) is 0 Å². The molecule has 1 aromatic heterocycles. The Balaban J connectivity index is 0.000000708. The Morgan fingerprint density at radius 2 is 1.48 bits per heavy atom. The van der Waals surface area contributed by atoms with Crippen molar-refractivity contribution in [3.63, 3.8) is 0 Å². The Hall–Kier alpha value is -4.53. The van der Waals surface area contributed by atoms with Crippen LogP contribution in [0.15, 0.2) is 54.9 Å². The number of esters is 4. The fourth-order valence-corrected chi connectivity index (χ4v) is 3.36. The first-order valence-electron chi connectivity index (χ1n) is 11.4. The molecule has 0 N–H and O–H groups in total. The lowest BCUT2D eigenvalue weighted by Crippen LogP contribution is -2.48. The maximum Gasteiger partial charge on any atom is 0.430 e. The van der Waals surface area contributed by atoms with Gasteiger partial charge in [0.05, 0.1) is 0 Å². The molecule has 1 saturated heterocycles. The summed E-state index contributed by atoms with van der Waals surface area (Å²) >= 11 is 0. The maximum atomic E-state index is 12.6. The summed E-state index contributed by atoms with van der Waals surface area (Å²) < 4.78 is 60.1. The number of pyridine rings is 1. The van der Waals surface area contributed by atoms with Gasteiger partial charge >= 0.3 is 36.3 Å². The number of rotatable bonds is 7. The van der Waals surface area contributed by atoms with Gasteiger partial charge in [-0.05, 0) is 18.2 Å². The topological polar surface area (TPSA) is 158 Å². The third-order valence-corrected chi connectivity index (χ3v) is 4.88. The Morgan fingerprint density at radius 3 is 2.00 bits per heavy atom. The van der Waals surface area contributed by atoms with Crippen LogP contribution in [0.3, 0.4) is 0 Å². The molecule has 1 fully saturated rings. The number of aliphatic carboxylic acids is 1. The van der Waals surface area contributed by atoms with Crippen molar-refractivity contribution in [3.05, 3.63) is 60.4 Å². The van der Waals surface area contributed by atoms with Gasteiger partial charge in [0, 0.05) is 26.8 Å². The molecule has 2 aromatic rings. The van der Waals surface area contributed by atoms with Crippen LogP contribution in [0.5, 0.6) is 5.75 Å². The van der Waals surface area contributed by atoms with Gasteiger partial charge in [-0.2, -0.15) is 17.7 Å². The van der Waals surface area contributed by atoms with Gasteiger partial charge in [-0.15, -0.1) is 0 Å². The zero-order valence-corrected chi connectivity index (χ0v) is 21.3. The minimum atomic E-state index is -5.19. The highest BCUT2D eigenvalue weighted by atomic mass is 19.4.